The molecular weight excluding hydrogens is 269 g/mol. The van der Waals surface area contributed by atoms with E-state index in [9.17, 15) is 4.39 Å². The van der Waals surface area contributed by atoms with Gasteiger partial charge in [-0.15, -0.1) is 0 Å². The van der Waals surface area contributed by atoms with E-state index in [0.717, 1.165) is 17.0 Å². The zero-order valence-electron chi connectivity index (χ0n) is 11.9. The molecule has 0 saturated heterocycles. The summed E-state index contributed by atoms with van der Waals surface area (Å²) in [6, 6.07) is 12.2. The van der Waals surface area contributed by atoms with Crippen LogP contribution in [-0.2, 0) is 6.54 Å². The first-order valence-corrected chi connectivity index (χ1v) is 6.63. The zero-order chi connectivity index (χ0) is 15.1. The molecule has 0 saturated carbocycles. The molecule has 0 heterocycles. The van der Waals surface area contributed by atoms with Gasteiger partial charge in [0.05, 0.1) is 12.8 Å². The van der Waals surface area contributed by atoms with Crippen LogP contribution in [0.5, 0.6) is 11.5 Å². The van der Waals surface area contributed by atoms with Crippen LogP contribution in [0.3, 0.4) is 0 Å². The van der Waals surface area contributed by atoms with Gasteiger partial charge in [0.2, 0.25) is 0 Å². The highest BCUT2D eigenvalue weighted by atomic mass is 19.1. The van der Waals surface area contributed by atoms with Crippen LogP contribution in [0, 0.1) is 5.82 Å². The summed E-state index contributed by atoms with van der Waals surface area (Å²) in [6.45, 7) is 4.71. The van der Waals surface area contributed by atoms with Gasteiger partial charge in [0.25, 0.3) is 0 Å². The van der Waals surface area contributed by atoms with Crippen molar-refractivity contribution >= 4 is 5.69 Å². The summed E-state index contributed by atoms with van der Waals surface area (Å²) in [5.74, 6) is 0.972. The minimum atomic E-state index is -0.318. The third-order valence-electron chi connectivity index (χ3n) is 2.94. The fourth-order valence-electron chi connectivity index (χ4n) is 1.87. The molecule has 0 atom stereocenters. The number of anilines is 1. The molecule has 0 bridgehead atoms. The maximum Gasteiger partial charge on any atom is 0.144 e. The SMILES string of the molecule is C=CCOc1ccc(CNc2ccc(F)cc2OC)cc1. The predicted octanol–water partition coefficient (Wildman–Crippen LogP) is 4.01. The normalized spacial score (nSPS) is 10.0. The molecule has 4 heteroatoms. The van der Waals surface area contributed by atoms with E-state index in [4.69, 9.17) is 9.47 Å². The Morgan fingerprint density at radius 3 is 2.62 bits per heavy atom. The Kier molecular flexibility index (Phi) is 5.21. The molecule has 21 heavy (non-hydrogen) atoms. The summed E-state index contributed by atoms with van der Waals surface area (Å²) in [5.41, 5.74) is 1.85. The lowest BCUT2D eigenvalue weighted by Crippen LogP contribution is -2.02. The number of methoxy groups -OCH3 is 1. The molecule has 0 aromatic heterocycles. The number of benzene rings is 2. The molecule has 0 aliphatic carbocycles. The first-order valence-electron chi connectivity index (χ1n) is 6.63. The van der Waals surface area contributed by atoms with Crippen LogP contribution in [0.25, 0.3) is 0 Å². The molecule has 0 aliphatic rings. The zero-order valence-corrected chi connectivity index (χ0v) is 11.9. The minimum absolute atomic E-state index is 0.318. The van der Waals surface area contributed by atoms with Crippen LogP contribution >= 0.6 is 0 Å². The molecule has 2 aromatic rings. The van der Waals surface area contributed by atoms with E-state index in [-0.39, 0.29) is 5.82 Å². The van der Waals surface area contributed by atoms with Crippen molar-refractivity contribution in [3.63, 3.8) is 0 Å². The van der Waals surface area contributed by atoms with Crippen molar-refractivity contribution in [2.75, 3.05) is 19.0 Å². The van der Waals surface area contributed by atoms with Gasteiger partial charge in [-0.3, -0.25) is 0 Å². The van der Waals surface area contributed by atoms with E-state index in [0.29, 0.717) is 18.9 Å². The van der Waals surface area contributed by atoms with Gasteiger partial charge >= 0.3 is 0 Å². The maximum absolute atomic E-state index is 13.1. The third-order valence-corrected chi connectivity index (χ3v) is 2.94. The van der Waals surface area contributed by atoms with E-state index in [1.54, 1.807) is 12.1 Å². The Morgan fingerprint density at radius 1 is 1.19 bits per heavy atom. The Labute approximate surface area is 124 Å². The highest BCUT2D eigenvalue weighted by Gasteiger charge is 2.04. The Hall–Kier alpha value is -2.49. The van der Waals surface area contributed by atoms with Crippen molar-refractivity contribution in [3.05, 3.63) is 66.5 Å². The third kappa shape index (κ3) is 4.24. The summed E-state index contributed by atoms with van der Waals surface area (Å²) < 4.78 is 23.7. The molecule has 2 rings (SSSR count). The predicted molar refractivity (Wildman–Crippen MR) is 82.4 cm³/mol. The molecule has 0 aliphatic heterocycles. The summed E-state index contributed by atoms with van der Waals surface area (Å²) >= 11 is 0. The Bertz CT molecular complexity index is 596. The highest BCUT2D eigenvalue weighted by Crippen LogP contribution is 2.25. The standard InChI is InChI=1S/C17H18FNO2/c1-3-10-21-15-7-4-13(5-8-15)12-19-16-9-6-14(18)11-17(16)20-2/h3-9,11,19H,1,10,12H2,2H3. The maximum atomic E-state index is 13.1. The van der Waals surface area contributed by atoms with Crippen molar-refractivity contribution in [1.29, 1.82) is 0 Å². The largest absolute Gasteiger partial charge is 0.494 e. The van der Waals surface area contributed by atoms with E-state index in [1.165, 1.54) is 19.2 Å². The molecule has 0 radical (unpaired) electrons. The first-order chi connectivity index (χ1) is 10.2. The first kappa shape index (κ1) is 14.9. The number of nitrogens with one attached hydrogen (secondary N) is 1. The summed E-state index contributed by atoms with van der Waals surface area (Å²) in [5, 5.41) is 3.22. The van der Waals surface area contributed by atoms with Gasteiger partial charge < -0.3 is 14.8 Å². The van der Waals surface area contributed by atoms with E-state index < -0.39 is 0 Å². The van der Waals surface area contributed by atoms with E-state index >= 15 is 0 Å². The van der Waals surface area contributed by atoms with Crippen molar-refractivity contribution in [2.45, 2.75) is 6.54 Å². The van der Waals surface area contributed by atoms with Crippen molar-refractivity contribution in [1.82, 2.24) is 0 Å². The lowest BCUT2D eigenvalue weighted by atomic mass is 10.2. The molecule has 1 N–H and O–H groups in total. The molecule has 0 spiro atoms. The number of hydrogen-bond acceptors (Lipinski definition) is 3. The van der Waals surface area contributed by atoms with E-state index in [1.807, 2.05) is 24.3 Å². The van der Waals surface area contributed by atoms with Gasteiger partial charge in [-0.25, -0.2) is 4.39 Å². The van der Waals surface area contributed by atoms with Crippen LogP contribution in [-0.4, -0.2) is 13.7 Å². The monoisotopic (exact) mass is 287 g/mol. The fraction of sp³-hybridized carbons (Fsp3) is 0.176. The Balaban J connectivity index is 1.98. The lowest BCUT2D eigenvalue weighted by molar-refractivity contribution is 0.363. The number of rotatable bonds is 7. The Morgan fingerprint density at radius 2 is 1.95 bits per heavy atom. The summed E-state index contributed by atoms with van der Waals surface area (Å²) in [4.78, 5) is 0. The van der Waals surface area contributed by atoms with Gasteiger partial charge in [0, 0.05) is 12.6 Å². The molecule has 2 aromatic carbocycles. The van der Waals surface area contributed by atoms with Gasteiger partial charge in [-0.05, 0) is 29.8 Å². The summed E-state index contributed by atoms with van der Waals surface area (Å²) in [7, 11) is 1.52. The van der Waals surface area contributed by atoms with Crippen molar-refractivity contribution < 1.29 is 13.9 Å². The van der Waals surface area contributed by atoms with Crippen LogP contribution in [0.2, 0.25) is 0 Å². The average Bonchev–Trinajstić information content (AvgIpc) is 2.52. The number of halogens is 1. The van der Waals surface area contributed by atoms with Crippen molar-refractivity contribution in [2.24, 2.45) is 0 Å². The second-order valence-corrected chi connectivity index (χ2v) is 4.44. The molecule has 0 unspecified atom stereocenters. The molecule has 3 nitrogen and oxygen atoms in total. The highest BCUT2D eigenvalue weighted by molar-refractivity contribution is 5.56. The van der Waals surface area contributed by atoms with Gasteiger partial charge in [-0.2, -0.15) is 0 Å². The van der Waals surface area contributed by atoms with Gasteiger partial charge in [-0.1, -0.05) is 24.8 Å². The van der Waals surface area contributed by atoms with Crippen molar-refractivity contribution in [3.8, 4) is 11.5 Å². The van der Waals surface area contributed by atoms with Crippen LogP contribution < -0.4 is 14.8 Å². The number of hydrogen-bond donors (Lipinski definition) is 1. The molecule has 0 fully saturated rings. The second-order valence-electron chi connectivity index (χ2n) is 4.44. The lowest BCUT2D eigenvalue weighted by Gasteiger charge is -2.11. The van der Waals surface area contributed by atoms with Crippen LogP contribution in [0.15, 0.2) is 55.1 Å². The van der Waals surface area contributed by atoms with Gasteiger partial charge in [0.15, 0.2) is 0 Å². The fourth-order valence-corrected chi connectivity index (χ4v) is 1.87. The average molecular weight is 287 g/mol. The quantitative estimate of drug-likeness (QED) is 0.780. The van der Waals surface area contributed by atoms with Crippen LogP contribution in [0.1, 0.15) is 5.56 Å². The molecule has 0 amide bonds. The molecular formula is C17H18FNO2. The molecule has 110 valence electrons. The van der Waals surface area contributed by atoms with E-state index in [2.05, 4.69) is 11.9 Å². The van der Waals surface area contributed by atoms with Crippen LogP contribution in [0.4, 0.5) is 10.1 Å². The topological polar surface area (TPSA) is 30.5 Å². The smallest absolute Gasteiger partial charge is 0.144 e. The summed E-state index contributed by atoms with van der Waals surface area (Å²) in [6.07, 6.45) is 1.70. The second kappa shape index (κ2) is 7.33. The van der Waals surface area contributed by atoms with Gasteiger partial charge in [0.1, 0.15) is 23.9 Å². The number of ether oxygens (including phenoxy) is 2. The minimum Gasteiger partial charge on any atom is -0.494 e.